The Morgan fingerprint density at radius 1 is 1.50 bits per heavy atom. The summed E-state index contributed by atoms with van der Waals surface area (Å²) in [7, 11) is 2.71. The number of carbonyl (C=O) groups excluding carboxylic acids is 1. The van der Waals surface area contributed by atoms with Crippen LogP contribution in [0.5, 0.6) is 5.75 Å². The predicted octanol–water partition coefficient (Wildman–Crippen LogP) is 1.63. The van der Waals surface area contributed by atoms with Crippen LogP contribution in [0.15, 0.2) is 18.2 Å². The molecule has 0 heterocycles. The second-order valence-electron chi connectivity index (χ2n) is 3.33. The maximum Gasteiger partial charge on any atom is 0.341 e. The van der Waals surface area contributed by atoms with Crippen LogP contribution >= 0.6 is 22.6 Å². The van der Waals surface area contributed by atoms with Gasteiger partial charge in [-0.2, -0.15) is 0 Å². The van der Waals surface area contributed by atoms with Crippen molar-refractivity contribution in [3.63, 3.8) is 0 Å². The van der Waals surface area contributed by atoms with Crippen molar-refractivity contribution in [3.05, 3.63) is 27.3 Å². The first-order chi connectivity index (χ1) is 7.69. The van der Waals surface area contributed by atoms with Gasteiger partial charge in [-0.3, -0.25) is 0 Å². The average molecular weight is 350 g/mol. The molecule has 1 aromatic rings. The van der Waals surface area contributed by atoms with Crippen LogP contribution in [-0.2, 0) is 4.74 Å². The number of hydrogen-bond acceptors (Lipinski definition) is 3. The van der Waals surface area contributed by atoms with E-state index in [4.69, 9.17) is 9.47 Å². The zero-order chi connectivity index (χ0) is 12.0. The smallest absolute Gasteiger partial charge is 0.341 e. The van der Waals surface area contributed by atoms with Crippen LogP contribution < -0.4 is 4.74 Å². The van der Waals surface area contributed by atoms with Crippen LogP contribution in [0.4, 0.5) is 0 Å². The molecule has 0 fully saturated rings. The summed E-state index contributed by atoms with van der Waals surface area (Å²) in [6, 6.07) is 6.58. The lowest BCUT2D eigenvalue weighted by atomic mass is 10.2. The Bertz CT molecular complexity index is 368. The fourth-order valence-corrected chi connectivity index (χ4v) is 1.97. The van der Waals surface area contributed by atoms with Crippen molar-refractivity contribution in [2.75, 3.05) is 13.7 Å². The molecule has 0 saturated heterocycles. The van der Waals surface area contributed by atoms with Crippen LogP contribution in [-0.4, -0.2) is 29.9 Å². The minimum Gasteiger partial charge on any atom is -0.496 e. The summed E-state index contributed by atoms with van der Waals surface area (Å²) < 4.78 is 11.3. The molecule has 0 radical (unpaired) electrons. The van der Waals surface area contributed by atoms with Crippen LogP contribution in [0.1, 0.15) is 16.8 Å². The van der Waals surface area contributed by atoms with E-state index in [0.29, 0.717) is 17.9 Å². The first kappa shape index (κ1) is 13.5. The number of rotatable bonds is 5. The van der Waals surface area contributed by atoms with Gasteiger partial charge in [0.15, 0.2) is 0 Å². The zero-order valence-electron chi connectivity index (χ0n) is 9.46. The van der Waals surface area contributed by atoms with E-state index in [2.05, 4.69) is 22.6 Å². The van der Waals surface area contributed by atoms with E-state index in [1.54, 1.807) is 13.2 Å². The molecular formula is C11H15IO3Si. The van der Waals surface area contributed by atoms with Gasteiger partial charge in [0.25, 0.3) is 0 Å². The topological polar surface area (TPSA) is 35.5 Å². The Labute approximate surface area is 112 Å². The van der Waals surface area contributed by atoms with Crippen LogP contribution in [0.3, 0.4) is 0 Å². The molecule has 1 rings (SSSR count). The summed E-state index contributed by atoms with van der Waals surface area (Å²) in [5, 5.41) is 0. The number of methoxy groups -OCH3 is 1. The molecule has 0 spiro atoms. The lowest BCUT2D eigenvalue weighted by Gasteiger charge is -2.08. The standard InChI is InChI=1S/C11H15IO3Si/c1-14-10-7-8(12)3-4-9(10)11(13)15-5-2-6-16/h3-4,7H,2,5-6H2,1,16H3. The fourth-order valence-electron chi connectivity index (χ4n) is 1.22. The van der Waals surface area contributed by atoms with Gasteiger partial charge in [0.2, 0.25) is 0 Å². The average Bonchev–Trinajstić information content (AvgIpc) is 2.29. The molecule has 0 N–H and O–H groups in total. The van der Waals surface area contributed by atoms with Crippen LogP contribution in [0, 0.1) is 3.57 Å². The Morgan fingerprint density at radius 2 is 2.25 bits per heavy atom. The van der Waals surface area contributed by atoms with Crippen molar-refractivity contribution in [2.24, 2.45) is 0 Å². The molecule has 0 bridgehead atoms. The van der Waals surface area contributed by atoms with E-state index < -0.39 is 0 Å². The molecule has 16 heavy (non-hydrogen) atoms. The maximum absolute atomic E-state index is 11.7. The van der Waals surface area contributed by atoms with Crippen molar-refractivity contribution in [1.82, 2.24) is 0 Å². The molecular weight excluding hydrogens is 335 g/mol. The summed E-state index contributed by atoms with van der Waals surface area (Å²) in [5.41, 5.74) is 0.497. The van der Waals surface area contributed by atoms with Crippen LogP contribution in [0.25, 0.3) is 0 Å². The highest BCUT2D eigenvalue weighted by Gasteiger charge is 2.13. The second kappa shape index (κ2) is 6.90. The first-order valence-corrected chi connectivity index (χ1v) is 7.69. The lowest BCUT2D eigenvalue weighted by Crippen LogP contribution is -2.08. The molecule has 0 unspecified atom stereocenters. The predicted molar refractivity (Wildman–Crippen MR) is 75.4 cm³/mol. The van der Waals surface area contributed by atoms with Gasteiger partial charge in [-0.15, -0.1) is 0 Å². The monoisotopic (exact) mass is 350 g/mol. The van der Waals surface area contributed by atoms with Gasteiger partial charge in [0.05, 0.1) is 13.7 Å². The summed E-state index contributed by atoms with van der Waals surface area (Å²) in [5.74, 6) is 0.270. The van der Waals surface area contributed by atoms with Gasteiger partial charge < -0.3 is 9.47 Å². The highest BCUT2D eigenvalue weighted by molar-refractivity contribution is 14.1. The number of carbonyl (C=O) groups is 1. The van der Waals surface area contributed by atoms with Crippen molar-refractivity contribution >= 4 is 38.8 Å². The molecule has 5 heteroatoms. The Kier molecular flexibility index (Phi) is 5.82. The number of ether oxygens (including phenoxy) is 2. The van der Waals surface area contributed by atoms with Gasteiger partial charge in [-0.05, 0) is 47.2 Å². The molecule has 0 aromatic heterocycles. The highest BCUT2D eigenvalue weighted by atomic mass is 127. The Balaban J connectivity index is 2.74. The Morgan fingerprint density at radius 3 is 2.88 bits per heavy atom. The molecule has 0 aliphatic rings. The number of halogens is 1. The lowest BCUT2D eigenvalue weighted by molar-refractivity contribution is 0.0501. The van der Waals surface area contributed by atoms with Gasteiger partial charge in [-0.1, -0.05) is 6.04 Å². The highest BCUT2D eigenvalue weighted by Crippen LogP contribution is 2.22. The number of hydrogen-bond donors (Lipinski definition) is 0. The minimum atomic E-state index is -0.302. The van der Waals surface area contributed by atoms with Crippen molar-refractivity contribution in [1.29, 1.82) is 0 Å². The van der Waals surface area contributed by atoms with Gasteiger partial charge in [-0.25, -0.2) is 4.79 Å². The van der Waals surface area contributed by atoms with E-state index in [1.807, 2.05) is 12.1 Å². The molecule has 0 saturated carbocycles. The van der Waals surface area contributed by atoms with Crippen molar-refractivity contribution < 1.29 is 14.3 Å². The van der Waals surface area contributed by atoms with Gasteiger partial charge >= 0.3 is 5.97 Å². The third-order valence-corrected chi connectivity index (χ3v) is 3.49. The van der Waals surface area contributed by atoms with E-state index >= 15 is 0 Å². The van der Waals surface area contributed by atoms with E-state index in [1.165, 1.54) is 0 Å². The summed E-state index contributed by atoms with van der Waals surface area (Å²) in [4.78, 5) is 11.7. The molecule has 0 atom stereocenters. The second-order valence-corrected chi connectivity index (χ2v) is 5.58. The van der Waals surface area contributed by atoms with Gasteiger partial charge in [0.1, 0.15) is 11.3 Å². The van der Waals surface area contributed by atoms with E-state index in [-0.39, 0.29) is 5.97 Å². The molecule has 0 aliphatic heterocycles. The number of esters is 1. The molecule has 88 valence electrons. The molecule has 3 nitrogen and oxygen atoms in total. The third-order valence-electron chi connectivity index (χ3n) is 2.11. The molecule has 0 amide bonds. The SMILES string of the molecule is COc1cc(I)ccc1C(=O)OCCC[SiH3]. The quantitative estimate of drug-likeness (QED) is 0.351. The third kappa shape index (κ3) is 3.78. The zero-order valence-corrected chi connectivity index (χ0v) is 13.6. The molecule has 0 aliphatic carbocycles. The van der Waals surface area contributed by atoms with Gasteiger partial charge in [0, 0.05) is 13.8 Å². The fraction of sp³-hybridized carbons (Fsp3) is 0.364. The summed E-state index contributed by atoms with van der Waals surface area (Å²) in [6.07, 6.45) is 0.949. The van der Waals surface area contributed by atoms with Crippen molar-refractivity contribution in [2.45, 2.75) is 12.5 Å². The summed E-state index contributed by atoms with van der Waals surface area (Å²) in [6.45, 7) is 0.497. The van der Waals surface area contributed by atoms with E-state index in [0.717, 1.165) is 26.3 Å². The van der Waals surface area contributed by atoms with Crippen LogP contribution in [0.2, 0.25) is 6.04 Å². The van der Waals surface area contributed by atoms with E-state index in [9.17, 15) is 4.79 Å². The van der Waals surface area contributed by atoms with Crippen molar-refractivity contribution in [3.8, 4) is 5.75 Å². The molecule has 1 aromatic carbocycles. The largest absolute Gasteiger partial charge is 0.496 e. The summed E-state index contributed by atoms with van der Waals surface area (Å²) >= 11 is 2.18. The Hall–Kier alpha value is -0.563. The normalized spacial score (nSPS) is 10.1. The first-order valence-electron chi connectivity index (χ1n) is 5.19. The minimum absolute atomic E-state index is 0.302. The maximum atomic E-state index is 11.7. The number of benzene rings is 1.